The van der Waals surface area contributed by atoms with Crippen molar-refractivity contribution in [2.24, 2.45) is 0 Å². The van der Waals surface area contributed by atoms with Crippen LogP contribution in [0.1, 0.15) is 12.0 Å². The number of ether oxygens (including phenoxy) is 1. The van der Waals surface area contributed by atoms with Gasteiger partial charge in [-0.05, 0) is 24.1 Å². The Bertz CT molecular complexity index is 686. The summed E-state index contributed by atoms with van der Waals surface area (Å²) in [6.45, 7) is -0.247. The van der Waals surface area contributed by atoms with Crippen LogP contribution >= 0.6 is 11.6 Å². The minimum Gasteiger partial charge on any atom is -0.468 e. The van der Waals surface area contributed by atoms with Crippen LogP contribution in [0.15, 0.2) is 24.3 Å². The number of rotatable bonds is 5. The number of carbonyl (C=O) groups is 2. The van der Waals surface area contributed by atoms with Crippen molar-refractivity contribution in [3.63, 3.8) is 0 Å². The monoisotopic (exact) mass is 359 g/mol. The van der Waals surface area contributed by atoms with Crippen molar-refractivity contribution in [3.8, 4) is 0 Å². The van der Waals surface area contributed by atoms with E-state index < -0.39 is 21.8 Å². The van der Waals surface area contributed by atoms with Crippen molar-refractivity contribution in [1.29, 1.82) is 0 Å². The third kappa shape index (κ3) is 4.94. The number of hydrogen-bond donors (Lipinski definition) is 0. The van der Waals surface area contributed by atoms with E-state index in [9.17, 15) is 18.0 Å². The molecule has 1 saturated heterocycles. The molecule has 0 unspecified atom stereocenters. The zero-order valence-electron chi connectivity index (χ0n) is 12.7. The van der Waals surface area contributed by atoms with Gasteiger partial charge in [0.15, 0.2) is 9.84 Å². The predicted octanol–water partition coefficient (Wildman–Crippen LogP) is 1.07. The van der Waals surface area contributed by atoms with E-state index in [1.807, 2.05) is 0 Å². The predicted molar refractivity (Wildman–Crippen MR) is 85.9 cm³/mol. The Morgan fingerprint density at radius 2 is 1.96 bits per heavy atom. The molecule has 1 aromatic rings. The lowest BCUT2D eigenvalue weighted by atomic mass is 10.1. The molecule has 1 aliphatic rings. The minimum atomic E-state index is -3.16. The molecule has 23 heavy (non-hydrogen) atoms. The lowest BCUT2D eigenvalue weighted by Crippen LogP contribution is -2.45. The molecular formula is C15H18ClNO5S. The number of methoxy groups -OCH3 is 1. The molecule has 8 heteroatoms. The molecule has 0 bridgehead atoms. The molecule has 0 spiro atoms. The molecule has 0 saturated carbocycles. The van der Waals surface area contributed by atoms with Gasteiger partial charge in [-0.25, -0.2) is 8.42 Å². The molecular weight excluding hydrogens is 342 g/mol. The van der Waals surface area contributed by atoms with Crippen LogP contribution in [0, 0.1) is 0 Å². The van der Waals surface area contributed by atoms with Crippen LogP contribution in [0.2, 0.25) is 5.02 Å². The maximum Gasteiger partial charge on any atom is 0.325 e. The second-order valence-electron chi connectivity index (χ2n) is 5.46. The molecule has 0 aromatic heterocycles. The Kier molecular flexibility index (Phi) is 5.64. The second kappa shape index (κ2) is 7.31. The third-order valence-corrected chi connectivity index (χ3v) is 5.77. The molecule has 1 fully saturated rings. The summed E-state index contributed by atoms with van der Waals surface area (Å²) in [4.78, 5) is 25.4. The quantitative estimate of drug-likeness (QED) is 0.735. The van der Waals surface area contributed by atoms with Gasteiger partial charge < -0.3 is 9.64 Å². The van der Waals surface area contributed by atoms with Gasteiger partial charge in [-0.15, -0.1) is 0 Å². The molecule has 1 amide bonds. The van der Waals surface area contributed by atoms with Crippen molar-refractivity contribution in [3.05, 3.63) is 34.9 Å². The van der Waals surface area contributed by atoms with Gasteiger partial charge in [-0.3, -0.25) is 9.59 Å². The fourth-order valence-corrected chi connectivity index (χ4v) is 4.38. The average Bonchev–Trinajstić information content (AvgIpc) is 2.86. The lowest BCUT2D eigenvalue weighted by molar-refractivity contribution is -0.148. The number of carbonyl (C=O) groups excluding carboxylic acids is 2. The van der Waals surface area contributed by atoms with Gasteiger partial charge in [0.25, 0.3) is 0 Å². The Hall–Kier alpha value is -1.60. The fraction of sp³-hybridized carbons (Fsp3) is 0.467. The van der Waals surface area contributed by atoms with Gasteiger partial charge in [0, 0.05) is 11.1 Å². The number of nitrogens with zero attached hydrogens (tertiary/aromatic N) is 1. The largest absolute Gasteiger partial charge is 0.468 e. The first-order valence-electron chi connectivity index (χ1n) is 7.12. The molecule has 0 aliphatic carbocycles. The smallest absolute Gasteiger partial charge is 0.325 e. The van der Waals surface area contributed by atoms with E-state index in [2.05, 4.69) is 4.74 Å². The molecule has 0 N–H and O–H groups in total. The summed E-state index contributed by atoms with van der Waals surface area (Å²) >= 11 is 5.81. The SMILES string of the molecule is COC(=O)CN(C(=O)Cc1ccc(Cl)cc1)[C@@H]1CCS(=O)(=O)C1. The normalized spacial score (nSPS) is 19.3. The van der Waals surface area contributed by atoms with Crippen molar-refractivity contribution in [2.75, 3.05) is 25.2 Å². The van der Waals surface area contributed by atoms with E-state index in [1.54, 1.807) is 24.3 Å². The molecule has 1 aromatic carbocycles. The first kappa shape index (κ1) is 17.7. The van der Waals surface area contributed by atoms with Crippen LogP contribution < -0.4 is 0 Å². The summed E-state index contributed by atoms with van der Waals surface area (Å²) in [5.74, 6) is -0.960. The van der Waals surface area contributed by atoms with Crippen molar-refractivity contribution < 1.29 is 22.7 Å². The van der Waals surface area contributed by atoms with E-state index >= 15 is 0 Å². The summed E-state index contributed by atoms with van der Waals surface area (Å²) < 4.78 is 27.9. The standard InChI is InChI=1S/C15H18ClNO5S/c1-22-15(19)9-17(13-6-7-23(20,21)10-13)14(18)8-11-2-4-12(16)5-3-11/h2-5,13H,6-10H2,1H3/t13-/m1/s1. The number of halogens is 1. The van der Waals surface area contributed by atoms with E-state index in [1.165, 1.54) is 12.0 Å². The van der Waals surface area contributed by atoms with Gasteiger partial charge in [-0.2, -0.15) is 0 Å². The highest BCUT2D eigenvalue weighted by Crippen LogP contribution is 2.19. The molecule has 1 aliphatic heterocycles. The minimum absolute atomic E-state index is 0.0313. The fourth-order valence-electron chi connectivity index (χ4n) is 2.52. The number of sulfone groups is 1. The van der Waals surface area contributed by atoms with Gasteiger partial charge in [0.1, 0.15) is 6.54 Å². The van der Waals surface area contributed by atoms with Crippen LogP contribution in [0.5, 0.6) is 0 Å². The van der Waals surface area contributed by atoms with Crippen LogP contribution in [0.25, 0.3) is 0 Å². The number of amides is 1. The van der Waals surface area contributed by atoms with Crippen LogP contribution in [-0.2, 0) is 30.6 Å². The topological polar surface area (TPSA) is 80.8 Å². The summed E-state index contributed by atoms with van der Waals surface area (Å²) in [6.07, 6.45) is 0.413. The highest BCUT2D eigenvalue weighted by Gasteiger charge is 2.35. The van der Waals surface area contributed by atoms with E-state index in [0.717, 1.165) is 5.56 Å². The highest BCUT2D eigenvalue weighted by molar-refractivity contribution is 7.91. The first-order valence-corrected chi connectivity index (χ1v) is 9.32. The summed E-state index contributed by atoms with van der Waals surface area (Å²) in [7, 11) is -1.93. The van der Waals surface area contributed by atoms with Gasteiger partial charge >= 0.3 is 5.97 Å². The molecule has 6 nitrogen and oxygen atoms in total. The second-order valence-corrected chi connectivity index (χ2v) is 8.12. The van der Waals surface area contributed by atoms with Crippen LogP contribution in [0.3, 0.4) is 0 Å². The Morgan fingerprint density at radius 3 is 2.48 bits per heavy atom. The molecule has 1 atom stereocenters. The van der Waals surface area contributed by atoms with Crippen LogP contribution in [-0.4, -0.2) is 56.4 Å². The Morgan fingerprint density at radius 1 is 1.30 bits per heavy atom. The zero-order valence-corrected chi connectivity index (χ0v) is 14.3. The van der Waals surface area contributed by atoms with Crippen LogP contribution in [0.4, 0.5) is 0 Å². The Labute approximate surface area is 140 Å². The van der Waals surface area contributed by atoms with Crippen molar-refractivity contribution in [1.82, 2.24) is 4.90 Å². The number of esters is 1. The van der Waals surface area contributed by atoms with E-state index in [-0.39, 0.29) is 30.4 Å². The molecule has 2 rings (SSSR count). The van der Waals surface area contributed by atoms with Gasteiger partial charge in [-0.1, -0.05) is 23.7 Å². The zero-order chi connectivity index (χ0) is 17.0. The highest BCUT2D eigenvalue weighted by atomic mass is 35.5. The number of hydrogen-bond acceptors (Lipinski definition) is 5. The van der Waals surface area contributed by atoms with Crippen molar-refractivity contribution in [2.45, 2.75) is 18.9 Å². The van der Waals surface area contributed by atoms with E-state index in [0.29, 0.717) is 11.4 Å². The third-order valence-electron chi connectivity index (χ3n) is 3.77. The first-order chi connectivity index (χ1) is 10.8. The summed E-state index contributed by atoms with van der Waals surface area (Å²) in [6, 6.07) is 6.31. The molecule has 0 radical (unpaired) electrons. The van der Waals surface area contributed by atoms with Crippen molar-refractivity contribution >= 4 is 33.3 Å². The van der Waals surface area contributed by atoms with E-state index in [4.69, 9.17) is 11.6 Å². The summed E-state index contributed by atoms with van der Waals surface area (Å²) in [5, 5.41) is 0.564. The summed E-state index contributed by atoms with van der Waals surface area (Å²) in [5.41, 5.74) is 0.745. The molecule has 126 valence electrons. The number of benzene rings is 1. The maximum absolute atomic E-state index is 12.5. The lowest BCUT2D eigenvalue weighted by Gasteiger charge is -2.27. The Balaban J connectivity index is 2.13. The van der Waals surface area contributed by atoms with Gasteiger partial charge in [0.05, 0.1) is 25.0 Å². The average molecular weight is 360 g/mol. The maximum atomic E-state index is 12.5. The van der Waals surface area contributed by atoms with Gasteiger partial charge in [0.2, 0.25) is 5.91 Å². The molecule has 1 heterocycles.